The number of hydrogen-bond acceptors (Lipinski definition) is 2. The molecule has 0 atom stereocenters. The van der Waals surface area contributed by atoms with Crippen molar-refractivity contribution in [2.75, 3.05) is 7.05 Å². The molecule has 0 unspecified atom stereocenters. The third-order valence-electron chi connectivity index (χ3n) is 0.964. The molecule has 0 aliphatic carbocycles. The largest absolute Gasteiger partial charge is 0.404 e. The molecule has 3 heteroatoms. The van der Waals surface area contributed by atoms with Gasteiger partial charge in [0.25, 0.3) is 0 Å². The maximum absolute atomic E-state index is 5.19. The molecule has 0 aliphatic heterocycles. The zero-order valence-corrected chi connectivity index (χ0v) is 5.76. The van der Waals surface area contributed by atoms with Crippen LogP contribution in [0.4, 0.5) is 0 Å². The standard InChI is InChI=1S/C6H11N3/c1-5(4-7)6(8-2)9-3/h4H,2,7H2,1,3H3. The van der Waals surface area contributed by atoms with Gasteiger partial charge in [0.05, 0.1) is 0 Å². The first-order valence-corrected chi connectivity index (χ1v) is 2.58. The van der Waals surface area contributed by atoms with Gasteiger partial charge >= 0.3 is 0 Å². The van der Waals surface area contributed by atoms with Crippen molar-refractivity contribution >= 4 is 12.6 Å². The minimum absolute atomic E-state index is 0.595. The summed E-state index contributed by atoms with van der Waals surface area (Å²) in [7, 11) is 1.65. The Morgan fingerprint density at radius 3 is 2.33 bits per heavy atom. The summed E-state index contributed by atoms with van der Waals surface area (Å²) in [5.74, 6) is 0.595. The van der Waals surface area contributed by atoms with Crippen molar-refractivity contribution in [2.24, 2.45) is 15.7 Å². The molecule has 3 nitrogen and oxygen atoms in total. The number of nitrogens with zero attached hydrogens (tertiary/aromatic N) is 2. The fourth-order valence-electron chi connectivity index (χ4n) is 0.446. The molecule has 0 heterocycles. The molecule has 0 aliphatic rings. The van der Waals surface area contributed by atoms with Crippen LogP contribution in [0.1, 0.15) is 6.92 Å². The van der Waals surface area contributed by atoms with Crippen molar-refractivity contribution in [1.29, 1.82) is 0 Å². The lowest BCUT2D eigenvalue weighted by Crippen LogP contribution is -1.97. The molecule has 0 radical (unpaired) electrons. The van der Waals surface area contributed by atoms with Crippen LogP contribution >= 0.6 is 0 Å². The number of hydrogen-bond donors (Lipinski definition) is 1. The Morgan fingerprint density at radius 1 is 1.67 bits per heavy atom. The van der Waals surface area contributed by atoms with Gasteiger partial charge < -0.3 is 5.73 Å². The molecule has 0 rings (SSSR count). The highest BCUT2D eigenvalue weighted by atomic mass is 14.9. The zero-order valence-electron chi connectivity index (χ0n) is 5.76. The van der Waals surface area contributed by atoms with Gasteiger partial charge in [-0.15, -0.1) is 0 Å². The lowest BCUT2D eigenvalue weighted by atomic mass is 10.3. The van der Waals surface area contributed by atoms with Gasteiger partial charge in [-0.2, -0.15) is 0 Å². The Balaban J connectivity index is 4.32. The van der Waals surface area contributed by atoms with Gasteiger partial charge in [-0.1, -0.05) is 0 Å². The molecular weight excluding hydrogens is 114 g/mol. The average Bonchev–Trinajstić information content (AvgIpc) is 1.90. The number of amidine groups is 1. The zero-order chi connectivity index (χ0) is 7.28. The quantitative estimate of drug-likeness (QED) is 0.404. The molecular formula is C6H11N3. The maximum Gasteiger partial charge on any atom is 0.150 e. The normalized spacial score (nSPS) is 13.6. The molecule has 0 aromatic heterocycles. The topological polar surface area (TPSA) is 50.7 Å². The van der Waals surface area contributed by atoms with Crippen LogP contribution in [0.2, 0.25) is 0 Å². The molecule has 0 saturated heterocycles. The second kappa shape index (κ2) is 3.83. The summed E-state index contributed by atoms with van der Waals surface area (Å²) in [4.78, 5) is 7.45. The summed E-state index contributed by atoms with van der Waals surface area (Å²) in [5.41, 5.74) is 6.03. The van der Waals surface area contributed by atoms with Crippen LogP contribution in [0.15, 0.2) is 21.8 Å². The monoisotopic (exact) mass is 125 g/mol. The van der Waals surface area contributed by atoms with Gasteiger partial charge in [0.1, 0.15) is 0 Å². The molecule has 0 fully saturated rings. The van der Waals surface area contributed by atoms with Crippen molar-refractivity contribution in [2.45, 2.75) is 6.92 Å². The van der Waals surface area contributed by atoms with E-state index in [4.69, 9.17) is 5.73 Å². The summed E-state index contributed by atoms with van der Waals surface area (Å²) < 4.78 is 0. The highest BCUT2D eigenvalue weighted by Gasteiger charge is 1.92. The molecule has 0 amide bonds. The first kappa shape index (κ1) is 7.88. The van der Waals surface area contributed by atoms with Crippen LogP contribution in [-0.2, 0) is 0 Å². The number of rotatable bonds is 1. The van der Waals surface area contributed by atoms with E-state index in [1.165, 1.54) is 6.20 Å². The van der Waals surface area contributed by atoms with Gasteiger partial charge in [-0.25, -0.2) is 4.99 Å². The van der Waals surface area contributed by atoms with Crippen LogP contribution in [0, 0.1) is 0 Å². The van der Waals surface area contributed by atoms with Crippen LogP contribution in [0.5, 0.6) is 0 Å². The Bertz CT molecular complexity index is 156. The predicted molar refractivity (Wildman–Crippen MR) is 40.9 cm³/mol. The van der Waals surface area contributed by atoms with Crippen molar-refractivity contribution in [1.82, 2.24) is 0 Å². The first-order chi connectivity index (χ1) is 4.26. The fourth-order valence-corrected chi connectivity index (χ4v) is 0.446. The third-order valence-corrected chi connectivity index (χ3v) is 0.964. The van der Waals surface area contributed by atoms with E-state index in [0.717, 1.165) is 5.57 Å². The van der Waals surface area contributed by atoms with Crippen LogP contribution in [0.3, 0.4) is 0 Å². The summed E-state index contributed by atoms with van der Waals surface area (Å²) in [6.07, 6.45) is 1.46. The summed E-state index contributed by atoms with van der Waals surface area (Å²) >= 11 is 0. The van der Waals surface area contributed by atoms with Gasteiger partial charge in [0, 0.05) is 18.8 Å². The van der Waals surface area contributed by atoms with E-state index < -0.39 is 0 Å². The SMILES string of the molecule is C=NC(=NC)C(C)=CN. The molecule has 0 saturated carbocycles. The van der Waals surface area contributed by atoms with E-state index in [1.54, 1.807) is 7.05 Å². The van der Waals surface area contributed by atoms with Crippen LogP contribution in [0.25, 0.3) is 0 Å². The van der Waals surface area contributed by atoms with E-state index in [1.807, 2.05) is 6.92 Å². The molecule has 0 aromatic rings. The molecule has 0 spiro atoms. The minimum Gasteiger partial charge on any atom is -0.404 e. The highest BCUT2D eigenvalue weighted by Crippen LogP contribution is 1.93. The maximum atomic E-state index is 5.19. The summed E-state index contributed by atoms with van der Waals surface area (Å²) in [5, 5.41) is 0. The van der Waals surface area contributed by atoms with Crippen molar-refractivity contribution in [3.8, 4) is 0 Å². The van der Waals surface area contributed by atoms with E-state index in [9.17, 15) is 0 Å². The fraction of sp³-hybridized carbons (Fsp3) is 0.333. The lowest BCUT2D eigenvalue weighted by Gasteiger charge is -1.94. The highest BCUT2D eigenvalue weighted by molar-refractivity contribution is 6.00. The van der Waals surface area contributed by atoms with E-state index in [0.29, 0.717) is 5.84 Å². The van der Waals surface area contributed by atoms with Crippen molar-refractivity contribution in [3.05, 3.63) is 11.8 Å². The number of aliphatic imine (C=N–C) groups is 2. The second-order valence-corrected chi connectivity index (χ2v) is 1.56. The summed E-state index contributed by atoms with van der Waals surface area (Å²) in [6, 6.07) is 0. The Morgan fingerprint density at radius 2 is 2.22 bits per heavy atom. The van der Waals surface area contributed by atoms with Crippen LogP contribution in [-0.4, -0.2) is 19.6 Å². The van der Waals surface area contributed by atoms with Crippen molar-refractivity contribution in [3.63, 3.8) is 0 Å². The molecule has 0 aromatic carbocycles. The van der Waals surface area contributed by atoms with E-state index in [2.05, 4.69) is 16.7 Å². The lowest BCUT2D eigenvalue weighted by molar-refractivity contribution is 1.35. The smallest absolute Gasteiger partial charge is 0.150 e. The molecule has 2 N–H and O–H groups in total. The van der Waals surface area contributed by atoms with Crippen LogP contribution < -0.4 is 5.73 Å². The van der Waals surface area contributed by atoms with Gasteiger partial charge in [-0.3, -0.25) is 4.99 Å². The Labute approximate surface area is 55.0 Å². The van der Waals surface area contributed by atoms with E-state index in [-0.39, 0.29) is 0 Å². The second-order valence-electron chi connectivity index (χ2n) is 1.56. The van der Waals surface area contributed by atoms with E-state index >= 15 is 0 Å². The molecule has 0 bridgehead atoms. The molecule has 50 valence electrons. The first-order valence-electron chi connectivity index (χ1n) is 2.58. The minimum atomic E-state index is 0.595. The third kappa shape index (κ3) is 2.08. The summed E-state index contributed by atoms with van der Waals surface area (Å²) in [6.45, 7) is 5.15. The van der Waals surface area contributed by atoms with Gasteiger partial charge in [0.2, 0.25) is 0 Å². The Kier molecular flexibility index (Phi) is 3.35. The number of nitrogens with two attached hydrogens (primary N) is 1. The van der Waals surface area contributed by atoms with Crippen molar-refractivity contribution < 1.29 is 0 Å². The van der Waals surface area contributed by atoms with Gasteiger partial charge in [0.15, 0.2) is 5.84 Å². The average molecular weight is 125 g/mol. The Hall–Kier alpha value is -1.12. The predicted octanol–water partition coefficient (Wildman–Crippen LogP) is 0.578. The molecule has 9 heavy (non-hydrogen) atoms. The van der Waals surface area contributed by atoms with Gasteiger partial charge in [-0.05, 0) is 13.6 Å².